The third-order valence-corrected chi connectivity index (χ3v) is 5.08. The molecule has 4 heteroatoms. The molecule has 0 unspecified atom stereocenters. The summed E-state index contributed by atoms with van der Waals surface area (Å²) in [6.07, 6.45) is 1.31. The normalized spacial score (nSPS) is 23.2. The molecule has 1 fully saturated rings. The van der Waals surface area contributed by atoms with Gasteiger partial charge in [0, 0.05) is 18.6 Å². The molecule has 1 N–H and O–H groups in total. The molecule has 2 aromatic carbocycles. The molecule has 0 spiro atoms. The number of ketones is 1. The summed E-state index contributed by atoms with van der Waals surface area (Å²) in [7, 11) is 1.53. The van der Waals surface area contributed by atoms with Crippen molar-refractivity contribution < 1.29 is 19.4 Å². The Hall–Kier alpha value is -2.33. The fourth-order valence-corrected chi connectivity index (χ4v) is 3.55. The van der Waals surface area contributed by atoms with Crippen LogP contribution in [0.3, 0.4) is 0 Å². The van der Waals surface area contributed by atoms with E-state index >= 15 is 0 Å². The number of hydrogen-bond donors (Lipinski definition) is 1. The molecule has 1 saturated heterocycles. The van der Waals surface area contributed by atoms with Crippen molar-refractivity contribution in [1.82, 2.24) is 0 Å². The first-order valence-electron chi connectivity index (χ1n) is 8.67. The molecule has 0 saturated carbocycles. The van der Waals surface area contributed by atoms with E-state index in [4.69, 9.17) is 9.47 Å². The fraction of sp³-hybridized carbons (Fsp3) is 0.381. The Labute approximate surface area is 148 Å². The van der Waals surface area contributed by atoms with E-state index in [0.717, 1.165) is 17.5 Å². The summed E-state index contributed by atoms with van der Waals surface area (Å²) >= 11 is 0. The molecule has 0 amide bonds. The molecule has 2 aromatic rings. The smallest absolute Gasteiger partial charge is 0.163 e. The number of carbonyl (C=O) groups excluding carboxylic acids is 1. The molecule has 4 nitrogen and oxygen atoms in total. The zero-order valence-corrected chi connectivity index (χ0v) is 14.6. The molecule has 1 heterocycles. The second-order valence-corrected chi connectivity index (χ2v) is 6.62. The van der Waals surface area contributed by atoms with Crippen LogP contribution in [0.25, 0.3) is 0 Å². The number of carbonyl (C=O) groups is 1. The van der Waals surface area contributed by atoms with Crippen LogP contribution in [0.2, 0.25) is 0 Å². The highest BCUT2D eigenvalue weighted by Gasteiger charge is 2.33. The standard InChI is InChI=1S/C21H24O4/c1-14-16(12-19(23)15-6-4-3-5-7-15)10-11-25-21(14)17-8-9-18(22)20(13-17)24-2/h3-9,13-14,16,21-22H,10-12H2,1-2H3/t14-,16-,21-/m0/s1. The van der Waals surface area contributed by atoms with E-state index in [9.17, 15) is 9.90 Å². The van der Waals surface area contributed by atoms with E-state index in [0.29, 0.717) is 18.8 Å². The second kappa shape index (κ2) is 7.70. The summed E-state index contributed by atoms with van der Waals surface area (Å²) in [6, 6.07) is 14.8. The number of methoxy groups -OCH3 is 1. The van der Waals surface area contributed by atoms with Crippen LogP contribution in [0.5, 0.6) is 11.5 Å². The summed E-state index contributed by atoms with van der Waals surface area (Å²) in [4.78, 5) is 12.6. The quantitative estimate of drug-likeness (QED) is 0.820. The number of benzene rings is 2. The SMILES string of the molecule is COc1cc([C@H]2OCC[C@@H](CC(=O)c3ccccc3)[C@@H]2C)ccc1O. The highest BCUT2D eigenvalue weighted by Crippen LogP contribution is 2.41. The topological polar surface area (TPSA) is 55.8 Å². The van der Waals surface area contributed by atoms with E-state index in [2.05, 4.69) is 6.92 Å². The lowest BCUT2D eigenvalue weighted by Gasteiger charge is -2.36. The minimum absolute atomic E-state index is 0.100. The summed E-state index contributed by atoms with van der Waals surface area (Å²) in [5.41, 5.74) is 1.74. The maximum absolute atomic E-state index is 12.6. The van der Waals surface area contributed by atoms with Gasteiger partial charge in [-0.05, 0) is 36.0 Å². The Bertz CT molecular complexity index is 726. The first kappa shape index (κ1) is 17.5. The van der Waals surface area contributed by atoms with Gasteiger partial charge in [-0.25, -0.2) is 0 Å². The molecule has 0 bridgehead atoms. The van der Waals surface area contributed by atoms with Crippen molar-refractivity contribution in [2.45, 2.75) is 25.9 Å². The number of rotatable bonds is 5. The monoisotopic (exact) mass is 340 g/mol. The average Bonchev–Trinajstić information content (AvgIpc) is 2.65. The van der Waals surface area contributed by atoms with Crippen molar-refractivity contribution in [3.8, 4) is 11.5 Å². The fourth-order valence-electron chi connectivity index (χ4n) is 3.55. The number of phenols is 1. The molecule has 0 radical (unpaired) electrons. The lowest BCUT2D eigenvalue weighted by atomic mass is 9.78. The Kier molecular flexibility index (Phi) is 5.39. The van der Waals surface area contributed by atoms with Gasteiger partial charge in [-0.1, -0.05) is 43.3 Å². The van der Waals surface area contributed by atoms with Gasteiger partial charge in [-0.2, -0.15) is 0 Å². The number of hydrogen-bond acceptors (Lipinski definition) is 4. The Morgan fingerprint density at radius 3 is 2.72 bits per heavy atom. The predicted octanol–water partition coefficient (Wildman–Crippen LogP) is 4.39. The third-order valence-electron chi connectivity index (χ3n) is 5.08. The van der Waals surface area contributed by atoms with Crippen LogP contribution >= 0.6 is 0 Å². The number of Topliss-reactive ketones (excluding diaryl/α,β-unsaturated/α-hetero) is 1. The van der Waals surface area contributed by atoms with Gasteiger partial charge in [0.2, 0.25) is 0 Å². The highest BCUT2D eigenvalue weighted by molar-refractivity contribution is 5.96. The van der Waals surface area contributed by atoms with Crippen LogP contribution < -0.4 is 4.74 Å². The molecule has 3 rings (SSSR count). The van der Waals surface area contributed by atoms with Crippen LogP contribution in [0.1, 0.15) is 41.8 Å². The van der Waals surface area contributed by atoms with E-state index in [1.807, 2.05) is 42.5 Å². The van der Waals surface area contributed by atoms with E-state index in [1.54, 1.807) is 6.07 Å². The maximum atomic E-state index is 12.6. The van der Waals surface area contributed by atoms with Gasteiger partial charge in [0.25, 0.3) is 0 Å². The lowest BCUT2D eigenvalue weighted by Crippen LogP contribution is -2.30. The van der Waals surface area contributed by atoms with Gasteiger partial charge in [0.15, 0.2) is 17.3 Å². The Morgan fingerprint density at radius 1 is 1.24 bits per heavy atom. The van der Waals surface area contributed by atoms with E-state index in [1.165, 1.54) is 7.11 Å². The summed E-state index contributed by atoms with van der Waals surface area (Å²) in [5.74, 6) is 1.21. The van der Waals surface area contributed by atoms with Crippen LogP contribution in [0, 0.1) is 11.8 Å². The molecule has 132 valence electrons. The van der Waals surface area contributed by atoms with Crippen LogP contribution in [0.15, 0.2) is 48.5 Å². The van der Waals surface area contributed by atoms with Gasteiger partial charge in [-0.15, -0.1) is 0 Å². The van der Waals surface area contributed by atoms with Crippen molar-refractivity contribution >= 4 is 5.78 Å². The Balaban J connectivity index is 1.75. The van der Waals surface area contributed by atoms with Gasteiger partial charge in [0.05, 0.1) is 13.2 Å². The minimum Gasteiger partial charge on any atom is -0.504 e. The first-order chi connectivity index (χ1) is 12.1. The zero-order valence-electron chi connectivity index (χ0n) is 14.6. The molecule has 1 aliphatic rings. The maximum Gasteiger partial charge on any atom is 0.163 e. The third kappa shape index (κ3) is 3.85. The van der Waals surface area contributed by atoms with Gasteiger partial charge in [0.1, 0.15) is 0 Å². The highest BCUT2D eigenvalue weighted by atomic mass is 16.5. The molecule has 3 atom stereocenters. The number of phenolic OH excluding ortho intramolecular Hbond substituents is 1. The van der Waals surface area contributed by atoms with Crippen molar-refractivity contribution in [3.63, 3.8) is 0 Å². The summed E-state index contributed by atoms with van der Waals surface area (Å²) in [5, 5.41) is 9.79. The van der Waals surface area contributed by atoms with Gasteiger partial charge in [-0.3, -0.25) is 4.79 Å². The van der Waals surface area contributed by atoms with E-state index < -0.39 is 0 Å². The number of ether oxygens (including phenoxy) is 2. The predicted molar refractivity (Wildman–Crippen MR) is 96.0 cm³/mol. The van der Waals surface area contributed by atoms with Gasteiger partial charge >= 0.3 is 0 Å². The van der Waals surface area contributed by atoms with Crippen LogP contribution in [-0.4, -0.2) is 24.6 Å². The van der Waals surface area contributed by atoms with Crippen LogP contribution in [0.4, 0.5) is 0 Å². The molecule has 0 aliphatic carbocycles. The van der Waals surface area contributed by atoms with E-state index in [-0.39, 0.29) is 29.5 Å². The van der Waals surface area contributed by atoms with Crippen molar-refractivity contribution in [2.75, 3.05) is 13.7 Å². The Morgan fingerprint density at radius 2 is 2.00 bits per heavy atom. The average molecular weight is 340 g/mol. The summed E-state index contributed by atoms with van der Waals surface area (Å²) in [6.45, 7) is 2.76. The van der Waals surface area contributed by atoms with Crippen molar-refractivity contribution in [1.29, 1.82) is 0 Å². The molecule has 0 aromatic heterocycles. The molecular formula is C21H24O4. The second-order valence-electron chi connectivity index (χ2n) is 6.62. The first-order valence-corrected chi connectivity index (χ1v) is 8.67. The molecular weight excluding hydrogens is 316 g/mol. The van der Waals surface area contributed by atoms with Crippen LogP contribution in [-0.2, 0) is 4.74 Å². The summed E-state index contributed by atoms with van der Waals surface area (Å²) < 4.78 is 11.2. The largest absolute Gasteiger partial charge is 0.504 e. The number of aromatic hydroxyl groups is 1. The molecule has 1 aliphatic heterocycles. The van der Waals surface area contributed by atoms with Crippen molar-refractivity contribution in [2.24, 2.45) is 11.8 Å². The molecule has 25 heavy (non-hydrogen) atoms. The zero-order chi connectivity index (χ0) is 17.8. The minimum atomic E-state index is -0.100. The lowest BCUT2D eigenvalue weighted by molar-refractivity contribution is -0.0526. The van der Waals surface area contributed by atoms with Crippen molar-refractivity contribution in [3.05, 3.63) is 59.7 Å². The van der Waals surface area contributed by atoms with Gasteiger partial charge < -0.3 is 14.6 Å².